The molecule has 0 radical (unpaired) electrons. The summed E-state index contributed by atoms with van der Waals surface area (Å²) in [5.41, 5.74) is 6.16. The Labute approximate surface area is 134 Å². The van der Waals surface area contributed by atoms with E-state index >= 15 is 0 Å². The van der Waals surface area contributed by atoms with Crippen LogP contribution in [0.3, 0.4) is 0 Å². The minimum Gasteiger partial charge on any atom is -0.378 e. The molecule has 20 heavy (non-hydrogen) atoms. The van der Waals surface area contributed by atoms with E-state index in [0.29, 0.717) is 0 Å². The third kappa shape index (κ3) is 3.00. The molecule has 0 spiro atoms. The van der Waals surface area contributed by atoms with Gasteiger partial charge in [-0.1, -0.05) is 0 Å². The predicted molar refractivity (Wildman–Crippen MR) is 93.3 cm³/mol. The first-order chi connectivity index (χ1) is 9.43. The van der Waals surface area contributed by atoms with Crippen molar-refractivity contribution in [2.24, 2.45) is 0 Å². The number of aryl methyl sites for hydroxylation is 3. The quantitative estimate of drug-likeness (QED) is 0.782. The second-order valence-corrected chi connectivity index (χ2v) is 6.47. The summed E-state index contributed by atoms with van der Waals surface area (Å²) >= 11 is 2.35. The van der Waals surface area contributed by atoms with Crippen LogP contribution in [0.1, 0.15) is 42.4 Å². The summed E-state index contributed by atoms with van der Waals surface area (Å²) in [5.74, 6) is 0. The minimum atomic E-state index is 0.258. The van der Waals surface area contributed by atoms with Crippen molar-refractivity contribution in [2.75, 3.05) is 5.32 Å². The monoisotopic (exact) mass is 383 g/mol. The molecule has 0 saturated carbocycles. The van der Waals surface area contributed by atoms with Crippen LogP contribution in [0.5, 0.6) is 0 Å². The first-order valence-corrected chi connectivity index (χ1v) is 8.08. The van der Waals surface area contributed by atoms with Crippen molar-refractivity contribution >= 4 is 28.3 Å². The summed E-state index contributed by atoms with van der Waals surface area (Å²) in [5, 5.41) is 8.22. The Balaban J connectivity index is 2.28. The van der Waals surface area contributed by atoms with Crippen molar-refractivity contribution in [3.8, 4) is 0 Å². The molecule has 108 valence electrons. The van der Waals surface area contributed by atoms with Crippen molar-refractivity contribution < 1.29 is 0 Å². The molecule has 0 bridgehead atoms. The van der Waals surface area contributed by atoms with Crippen molar-refractivity contribution in [1.82, 2.24) is 9.78 Å². The normalized spacial score (nSPS) is 12.5. The van der Waals surface area contributed by atoms with Gasteiger partial charge in [-0.05, 0) is 81.0 Å². The topological polar surface area (TPSA) is 29.9 Å². The van der Waals surface area contributed by atoms with Gasteiger partial charge in [-0.2, -0.15) is 5.10 Å². The highest BCUT2D eigenvalue weighted by Gasteiger charge is 2.17. The predicted octanol–water partition coefficient (Wildman–Crippen LogP) is 4.61. The molecule has 3 nitrogen and oxygen atoms in total. The highest BCUT2D eigenvalue weighted by atomic mass is 127. The summed E-state index contributed by atoms with van der Waals surface area (Å²) in [6.07, 6.45) is 0. The number of halogens is 1. The average molecular weight is 383 g/mol. The number of rotatable bonds is 4. The molecule has 0 amide bonds. The van der Waals surface area contributed by atoms with Gasteiger partial charge in [0, 0.05) is 27.1 Å². The van der Waals surface area contributed by atoms with Gasteiger partial charge in [0.2, 0.25) is 0 Å². The third-order valence-corrected chi connectivity index (χ3v) is 4.40. The lowest BCUT2D eigenvalue weighted by Crippen LogP contribution is -2.10. The molecule has 2 rings (SSSR count). The molecular weight excluding hydrogens is 361 g/mol. The number of hydrogen-bond donors (Lipinski definition) is 1. The van der Waals surface area contributed by atoms with Crippen LogP contribution in [0.15, 0.2) is 18.2 Å². The summed E-state index contributed by atoms with van der Waals surface area (Å²) in [6, 6.07) is 6.75. The Morgan fingerprint density at radius 3 is 2.55 bits per heavy atom. The summed E-state index contributed by atoms with van der Waals surface area (Å²) in [6.45, 7) is 11.6. The largest absolute Gasteiger partial charge is 0.378 e. The molecule has 1 unspecified atom stereocenters. The molecule has 2 aromatic rings. The molecule has 0 aliphatic carbocycles. The molecule has 1 aromatic heterocycles. The molecule has 0 fully saturated rings. The number of nitrogens with zero attached hydrogens (tertiary/aromatic N) is 2. The zero-order chi connectivity index (χ0) is 14.9. The fraction of sp³-hybridized carbons (Fsp3) is 0.438. The highest BCUT2D eigenvalue weighted by Crippen LogP contribution is 2.27. The van der Waals surface area contributed by atoms with Crippen LogP contribution in [0.2, 0.25) is 0 Å². The second-order valence-electron chi connectivity index (χ2n) is 5.23. The minimum absolute atomic E-state index is 0.258. The van der Waals surface area contributed by atoms with Crippen LogP contribution >= 0.6 is 22.6 Å². The van der Waals surface area contributed by atoms with Gasteiger partial charge < -0.3 is 5.32 Å². The standard InChI is InChI=1S/C16H22IN3/c1-6-20-13(5)16(12(4)19-20)11(3)18-15-8-7-14(17)9-10(15)2/h7-9,11,18H,6H2,1-5H3. The molecule has 1 aromatic carbocycles. The van der Waals surface area contributed by atoms with Gasteiger partial charge in [0.15, 0.2) is 0 Å². The zero-order valence-corrected chi connectivity index (χ0v) is 14.9. The Hall–Kier alpha value is -1.04. The summed E-state index contributed by atoms with van der Waals surface area (Å²) < 4.78 is 3.34. The van der Waals surface area contributed by atoms with E-state index in [4.69, 9.17) is 0 Å². The van der Waals surface area contributed by atoms with E-state index < -0.39 is 0 Å². The maximum absolute atomic E-state index is 4.60. The van der Waals surface area contributed by atoms with Gasteiger partial charge in [-0.25, -0.2) is 0 Å². The number of anilines is 1. The van der Waals surface area contributed by atoms with Crippen molar-refractivity contribution in [3.63, 3.8) is 0 Å². The van der Waals surface area contributed by atoms with Gasteiger partial charge >= 0.3 is 0 Å². The van der Waals surface area contributed by atoms with E-state index in [1.807, 2.05) is 0 Å². The van der Waals surface area contributed by atoms with Gasteiger partial charge in [0.1, 0.15) is 0 Å². The first kappa shape index (κ1) is 15.4. The fourth-order valence-corrected chi connectivity index (χ4v) is 3.39. The molecule has 1 N–H and O–H groups in total. The Morgan fingerprint density at radius 2 is 2.00 bits per heavy atom. The third-order valence-electron chi connectivity index (χ3n) is 3.73. The lowest BCUT2D eigenvalue weighted by atomic mass is 10.1. The Bertz CT molecular complexity index is 616. The maximum atomic E-state index is 4.60. The van der Waals surface area contributed by atoms with Crippen molar-refractivity contribution in [3.05, 3.63) is 44.3 Å². The molecule has 0 aliphatic heterocycles. The van der Waals surface area contributed by atoms with E-state index in [9.17, 15) is 0 Å². The lowest BCUT2D eigenvalue weighted by Gasteiger charge is -2.18. The molecule has 1 atom stereocenters. The molecule has 0 saturated heterocycles. The Morgan fingerprint density at radius 1 is 1.30 bits per heavy atom. The highest BCUT2D eigenvalue weighted by molar-refractivity contribution is 14.1. The van der Waals surface area contributed by atoms with Crippen LogP contribution in [0, 0.1) is 24.3 Å². The van der Waals surface area contributed by atoms with Crippen molar-refractivity contribution in [1.29, 1.82) is 0 Å². The lowest BCUT2D eigenvalue weighted by molar-refractivity contribution is 0.632. The average Bonchev–Trinajstić information content (AvgIpc) is 2.67. The number of aromatic nitrogens is 2. The molecule has 1 heterocycles. The van der Waals surface area contributed by atoms with Crippen LogP contribution in [0.4, 0.5) is 5.69 Å². The van der Waals surface area contributed by atoms with E-state index in [1.54, 1.807) is 0 Å². The molecule has 4 heteroatoms. The smallest absolute Gasteiger partial charge is 0.0649 e. The van der Waals surface area contributed by atoms with E-state index in [1.165, 1.54) is 26.1 Å². The molecule has 0 aliphatic rings. The molecular formula is C16H22IN3. The zero-order valence-electron chi connectivity index (χ0n) is 12.8. The van der Waals surface area contributed by atoms with Crippen LogP contribution in [0.25, 0.3) is 0 Å². The van der Waals surface area contributed by atoms with E-state index in [-0.39, 0.29) is 6.04 Å². The Kier molecular flexibility index (Phi) is 4.73. The number of benzene rings is 1. The maximum Gasteiger partial charge on any atom is 0.0649 e. The van der Waals surface area contributed by atoms with Crippen LogP contribution < -0.4 is 5.32 Å². The first-order valence-electron chi connectivity index (χ1n) is 7.00. The van der Waals surface area contributed by atoms with Gasteiger partial charge in [0.25, 0.3) is 0 Å². The fourth-order valence-electron chi connectivity index (χ4n) is 2.74. The number of nitrogens with one attached hydrogen (secondary N) is 1. The van der Waals surface area contributed by atoms with Crippen molar-refractivity contribution in [2.45, 2.75) is 47.2 Å². The number of hydrogen-bond acceptors (Lipinski definition) is 2. The second kappa shape index (κ2) is 6.16. The van der Waals surface area contributed by atoms with Gasteiger partial charge in [0.05, 0.1) is 11.7 Å². The summed E-state index contributed by atoms with van der Waals surface area (Å²) in [7, 11) is 0. The summed E-state index contributed by atoms with van der Waals surface area (Å²) in [4.78, 5) is 0. The van der Waals surface area contributed by atoms with Crippen LogP contribution in [-0.4, -0.2) is 9.78 Å². The van der Waals surface area contributed by atoms with E-state index in [0.717, 1.165) is 12.2 Å². The van der Waals surface area contributed by atoms with Gasteiger partial charge in [-0.3, -0.25) is 4.68 Å². The van der Waals surface area contributed by atoms with Crippen LogP contribution in [-0.2, 0) is 6.54 Å². The SMILES string of the molecule is CCn1nc(C)c(C(C)Nc2ccc(I)cc2C)c1C. The van der Waals surface area contributed by atoms with E-state index in [2.05, 4.69) is 90.5 Å². The van der Waals surface area contributed by atoms with Gasteiger partial charge in [-0.15, -0.1) is 0 Å².